The summed E-state index contributed by atoms with van der Waals surface area (Å²) >= 11 is 0. The number of nitrogens with one attached hydrogen (secondary N) is 1. The first-order valence-electron chi connectivity index (χ1n) is 11.6. The van der Waals surface area contributed by atoms with Crippen molar-refractivity contribution in [3.63, 3.8) is 0 Å². The predicted octanol–water partition coefficient (Wildman–Crippen LogP) is 4.65. The van der Waals surface area contributed by atoms with Gasteiger partial charge in [-0.15, -0.1) is 0 Å². The average Bonchev–Trinajstić information content (AvgIpc) is 3.26. The fraction of sp³-hybridized carbons (Fsp3) is 0.280. The van der Waals surface area contributed by atoms with Crippen LogP contribution in [0.5, 0.6) is 11.5 Å². The Balaban J connectivity index is 1.76. The standard InChI is InChI=1S/C25H23F5N6O3/c1-4-39-18-8-13(10-32-24(37)15-9-14(26)5-6-17(15)38-3)7-16(27)19(18)20-21-22(31)33-11-34-36(21)23(35-20)12(2)25(28,29)30/h5-9,11-12H,4,10H2,1-3H3,(H,32,37)(H2,31,33,34). The van der Waals surface area contributed by atoms with Crippen LogP contribution in [0.15, 0.2) is 36.7 Å². The third-order valence-corrected chi connectivity index (χ3v) is 5.87. The molecule has 39 heavy (non-hydrogen) atoms. The van der Waals surface area contributed by atoms with Crippen molar-refractivity contribution >= 4 is 17.2 Å². The molecule has 9 nitrogen and oxygen atoms in total. The van der Waals surface area contributed by atoms with E-state index in [2.05, 4.69) is 20.4 Å². The highest BCUT2D eigenvalue weighted by molar-refractivity contribution is 5.97. The van der Waals surface area contributed by atoms with E-state index in [0.717, 1.165) is 36.0 Å². The van der Waals surface area contributed by atoms with Crippen molar-refractivity contribution < 1.29 is 36.2 Å². The first-order chi connectivity index (χ1) is 18.5. The highest BCUT2D eigenvalue weighted by Gasteiger charge is 2.41. The summed E-state index contributed by atoms with van der Waals surface area (Å²) in [4.78, 5) is 20.6. The van der Waals surface area contributed by atoms with Crippen molar-refractivity contribution in [2.45, 2.75) is 32.5 Å². The number of benzene rings is 2. The Labute approximate surface area is 218 Å². The minimum atomic E-state index is -4.66. The Morgan fingerprint density at radius 1 is 1.18 bits per heavy atom. The molecule has 2 aromatic carbocycles. The highest BCUT2D eigenvalue weighted by Crippen LogP contribution is 2.41. The largest absolute Gasteiger partial charge is 0.496 e. The van der Waals surface area contributed by atoms with Gasteiger partial charge in [0.05, 0.1) is 24.8 Å². The zero-order chi connectivity index (χ0) is 28.5. The number of methoxy groups -OCH3 is 1. The van der Waals surface area contributed by atoms with Gasteiger partial charge >= 0.3 is 6.18 Å². The number of fused-ring (bicyclic) bond motifs is 1. The van der Waals surface area contributed by atoms with Crippen molar-refractivity contribution in [1.82, 2.24) is 24.9 Å². The number of amides is 1. The maximum Gasteiger partial charge on any atom is 0.398 e. The van der Waals surface area contributed by atoms with Crippen molar-refractivity contribution in [2.75, 3.05) is 19.5 Å². The van der Waals surface area contributed by atoms with Crippen molar-refractivity contribution in [2.24, 2.45) is 0 Å². The summed E-state index contributed by atoms with van der Waals surface area (Å²) in [6.45, 7) is 2.41. The first kappa shape index (κ1) is 27.5. The lowest BCUT2D eigenvalue weighted by Crippen LogP contribution is -2.23. The Morgan fingerprint density at radius 3 is 2.59 bits per heavy atom. The second kappa shape index (κ2) is 10.7. The average molecular weight is 550 g/mol. The van der Waals surface area contributed by atoms with Gasteiger partial charge in [-0.1, -0.05) is 0 Å². The molecule has 0 aliphatic rings. The molecule has 0 saturated carbocycles. The minimum Gasteiger partial charge on any atom is -0.496 e. The Kier molecular flexibility index (Phi) is 7.56. The van der Waals surface area contributed by atoms with Gasteiger partial charge in [-0.2, -0.15) is 18.3 Å². The number of nitrogens with two attached hydrogens (primary N) is 1. The van der Waals surface area contributed by atoms with Crippen LogP contribution >= 0.6 is 0 Å². The number of carbonyl (C=O) groups is 1. The molecule has 0 fully saturated rings. The fourth-order valence-electron chi connectivity index (χ4n) is 3.95. The van der Waals surface area contributed by atoms with Crippen LogP contribution in [0.2, 0.25) is 0 Å². The minimum absolute atomic E-state index is 0.0560. The first-order valence-corrected chi connectivity index (χ1v) is 11.6. The zero-order valence-corrected chi connectivity index (χ0v) is 20.9. The smallest absolute Gasteiger partial charge is 0.398 e. The van der Waals surface area contributed by atoms with Gasteiger partial charge in [0.25, 0.3) is 5.91 Å². The molecule has 0 bridgehead atoms. The fourth-order valence-corrected chi connectivity index (χ4v) is 3.95. The van der Waals surface area contributed by atoms with Crippen molar-refractivity contribution in [3.05, 3.63) is 65.2 Å². The lowest BCUT2D eigenvalue weighted by molar-refractivity contribution is -0.148. The number of aromatic nitrogens is 4. The summed E-state index contributed by atoms with van der Waals surface area (Å²) in [6.07, 6.45) is -3.69. The van der Waals surface area contributed by atoms with Gasteiger partial charge in [0.15, 0.2) is 5.82 Å². The molecule has 206 valence electrons. The Bertz CT molecular complexity index is 1540. The van der Waals surface area contributed by atoms with Crippen LogP contribution in [0.25, 0.3) is 16.8 Å². The number of alkyl halides is 3. The number of halogens is 5. The number of anilines is 1. The van der Waals surface area contributed by atoms with Gasteiger partial charge in [-0.3, -0.25) is 4.79 Å². The number of nitrogen functional groups attached to an aromatic ring is 1. The molecule has 4 rings (SSSR count). The number of hydrogen-bond donors (Lipinski definition) is 2. The van der Waals surface area contributed by atoms with E-state index in [4.69, 9.17) is 15.2 Å². The maximum absolute atomic E-state index is 15.6. The van der Waals surface area contributed by atoms with E-state index >= 15 is 4.39 Å². The monoisotopic (exact) mass is 550 g/mol. The van der Waals surface area contributed by atoms with E-state index in [9.17, 15) is 22.4 Å². The van der Waals surface area contributed by atoms with E-state index in [1.165, 1.54) is 19.2 Å². The molecule has 0 radical (unpaired) electrons. The van der Waals surface area contributed by atoms with Gasteiger partial charge in [-0.25, -0.2) is 23.3 Å². The summed E-state index contributed by atoms with van der Waals surface area (Å²) < 4.78 is 81.5. The van der Waals surface area contributed by atoms with E-state index < -0.39 is 35.5 Å². The molecule has 0 aliphatic heterocycles. The van der Waals surface area contributed by atoms with Gasteiger partial charge in [-0.05, 0) is 49.7 Å². The van der Waals surface area contributed by atoms with Gasteiger partial charge < -0.3 is 20.5 Å². The van der Waals surface area contributed by atoms with Crippen molar-refractivity contribution in [3.8, 4) is 22.8 Å². The maximum atomic E-state index is 15.6. The zero-order valence-electron chi connectivity index (χ0n) is 20.9. The molecule has 1 amide bonds. The second-order valence-corrected chi connectivity index (χ2v) is 8.40. The third-order valence-electron chi connectivity index (χ3n) is 5.87. The van der Waals surface area contributed by atoms with E-state index in [0.29, 0.717) is 0 Å². The van der Waals surface area contributed by atoms with Crippen LogP contribution < -0.4 is 20.5 Å². The molecule has 3 N–H and O–H groups in total. The number of imidazole rings is 1. The van der Waals surface area contributed by atoms with Crippen LogP contribution in [0.4, 0.5) is 27.8 Å². The molecule has 0 spiro atoms. The topological polar surface area (TPSA) is 117 Å². The van der Waals surface area contributed by atoms with Gasteiger partial charge in [0.2, 0.25) is 0 Å². The lowest BCUT2D eigenvalue weighted by Gasteiger charge is -2.14. The SMILES string of the molecule is CCOc1cc(CNC(=O)c2cc(F)ccc2OC)cc(F)c1-c1nc(C(C)C(F)(F)F)n2ncnc(N)c12. The van der Waals surface area contributed by atoms with Crippen LogP contribution in [0.3, 0.4) is 0 Å². The summed E-state index contributed by atoms with van der Waals surface area (Å²) in [5.41, 5.74) is 5.53. The van der Waals surface area contributed by atoms with Crippen LogP contribution in [0.1, 0.15) is 41.5 Å². The molecular weight excluding hydrogens is 527 g/mol. The van der Waals surface area contributed by atoms with E-state index in [-0.39, 0.29) is 58.4 Å². The van der Waals surface area contributed by atoms with E-state index in [1.807, 2.05) is 0 Å². The molecule has 1 unspecified atom stereocenters. The van der Waals surface area contributed by atoms with Crippen molar-refractivity contribution in [1.29, 1.82) is 0 Å². The molecular formula is C25H23F5N6O3. The Hall–Kier alpha value is -4.49. The number of ether oxygens (including phenoxy) is 2. The highest BCUT2D eigenvalue weighted by atomic mass is 19.4. The predicted molar refractivity (Wildman–Crippen MR) is 130 cm³/mol. The quantitative estimate of drug-likeness (QED) is 0.307. The number of carbonyl (C=O) groups excluding carboxylic acids is 1. The normalized spacial score (nSPS) is 12.4. The number of nitrogens with zero attached hydrogens (tertiary/aromatic N) is 4. The molecule has 2 aromatic heterocycles. The summed E-state index contributed by atoms with van der Waals surface area (Å²) in [6, 6.07) is 5.90. The van der Waals surface area contributed by atoms with Crippen LogP contribution in [-0.4, -0.2) is 45.4 Å². The van der Waals surface area contributed by atoms with Gasteiger partial charge in [0, 0.05) is 6.54 Å². The second-order valence-electron chi connectivity index (χ2n) is 8.40. The molecule has 0 saturated heterocycles. The van der Waals surface area contributed by atoms with Crippen LogP contribution in [0, 0.1) is 11.6 Å². The molecule has 14 heteroatoms. The van der Waals surface area contributed by atoms with Crippen LogP contribution in [-0.2, 0) is 6.54 Å². The summed E-state index contributed by atoms with van der Waals surface area (Å²) in [5, 5.41) is 6.41. The van der Waals surface area contributed by atoms with Gasteiger partial charge in [0.1, 0.15) is 52.4 Å². The molecule has 4 aromatic rings. The summed E-state index contributed by atoms with van der Waals surface area (Å²) in [7, 11) is 1.32. The van der Waals surface area contributed by atoms with E-state index in [1.54, 1.807) is 6.92 Å². The number of rotatable bonds is 8. The molecule has 0 aliphatic carbocycles. The summed E-state index contributed by atoms with van der Waals surface area (Å²) in [5.74, 6) is -4.92. The molecule has 1 atom stereocenters. The number of hydrogen-bond acceptors (Lipinski definition) is 7. The lowest BCUT2D eigenvalue weighted by atomic mass is 10.0. The Morgan fingerprint density at radius 2 is 1.92 bits per heavy atom. The third kappa shape index (κ3) is 5.40. The molecule has 2 heterocycles.